The number of rotatable bonds is 5. The van der Waals surface area contributed by atoms with Gasteiger partial charge in [-0.1, -0.05) is 30.0 Å². The molecule has 104 valence electrons. The lowest BCUT2D eigenvalue weighted by Gasteiger charge is -2.16. The zero-order valence-corrected chi connectivity index (χ0v) is 12.4. The van der Waals surface area contributed by atoms with Gasteiger partial charge in [-0.15, -0.1) is 11.3 Å². The van der Waals surface area contributed by atoms with E-state index in [0.29, 0.717) is 6.42 Å². The molecule has 1 aromatic carbocycles. The van der Waals surface area contributed by atoms with E-state index >= 15 is 0 Å². The first-order chi connectivity index (χ1) is 9.79. The summed E-state index contributed by atoms with van der Waals surface area (Å²) in [5, 5.41) is 10.9. The second-order valence-electron chi connectivity index (χ2n) is 4.58. The van der Waals surface area contributed by atoms with Crippen LogP contribution in [0.25, 0.3) is 0 Å². The highest BCUT2D eigenvalue weighted by Gasteiger charge is 2.05. The number of aliphatic hydroxyl groups excluding tert-OH is 1. The van der Waals surface area contributed by atoms with Crippen molar-refractivity contribution in [2.45, 2.75) is 19.5 Å². The molecule has 1 N–H and O–H groups in total. The average molecular weight is 286 g/mol. The zero-order valence-electron chi connectivity index (χ0n) is 11.5. The quantitative estimate of drug-likeness (QED) is 0.858. The van der Waals surface area contributed by atoms with E-state index in [2.05, 4.69) is 40.2 Å². The van der Waals surface area contributed by atoms with Gasteiger partial charge in [0.25, 0.3) is 0 Å². The average Bonchev–Trinajstić information content (AvgIpc) is 2.93. The molecule has 0 saturated carbocycles. The fourth-order valence-electron chi connectivity index (χ4n) is 1.93. The second kappa shape index (κ2) is 7.81. The van der Waals surface area contributed by atoms with Crippen molar-refractivity contribution in [1.29, 1.82) is 0 Å². The van der Waals surface area contributed by atoms with Crippen molar-refractivity contribution >= 4 is 11.3 Å². The van der Waals surface area contributed by atoms with E-state index < -0.39 is 0 Å². The molecule has 0 amide bonds. The minimum Gasteiger partial charge on any atom is -0.395 e. The maximum atomic E-state index is 8.79. The largest absolute Gasteiger partial charge is 0.395 e. The van der Waals surface area contributed by atoms with Gasteiger partial charge in [0, 0.05) is 30.5 Å². The zero-order chi connectivity index (χ0) is 14.2. The van der Waals surface area contributed by atoms with E-state index in [1.165, 1.54) is 5.56 Å². The normalized spacial score (nSPS) is 10.3. The first-order valence-electron chi connectivity index (χ1n) is 6.53. The maximum absolute atomic E-state index is 8.79. The number of thiazole rings is 1. The van der Waals surface area contributed by atoms with Crippen LogP contribution in [0.1, 0.15) is 23.2 Å². The lowest BCUT2D eigenvalue weighted by Crippen LogP contribution is -2.18. The van der Waals surface area contributed by atoms with Gasteiger partial charge in [0.2, 0.25) is 0 Å². The van der Waals surface area contributed by atoms with Crippen molar-refractivity contribution in [3.8, 4) is 11.8 Å². The number of nitrogens with zero attached hydrogens (tertiary/aromatic N) is 2. The maximum Gasteiger partial charge on any atom is 0.0795 e. The number of hydrogen-bond acceptors (Lipinski definition) is 4. The molecule has 2 rings (SSSR count). The first-order valence-corrected chi connectivity index (χ1v) is 7.47. The molecule has 0 spiro atoms. The van der Waals surface area contributed by atoms with Crippen molar-refractivity contribution in [2.24, 2.45) is 0 Å². The van der Waals surface area contributed by atoms with Crippen LogP contribution in [0.2, 0.25) is 0 Å². The summed E-state index contributed by atoms with van der Waals surface area (Å²) in [4.78, 5) is 6.53. The Hall–Kier alpha value is -1.67. The molecular weight excluding hydrogens is 268 g/mol. The van der Waals surface area contributed by atoms with Gasteiger partial charge in [-0.3, -0.25) is 4.90 Å². The van der Waals surface area contributed by atoms with Crippen LogP contribution in [0.5, 0.6) is 0 Å². The lowest BCUT2D eigenvalue weighted by molar-refractivity contribution is 0.305. The highest BCUT2D eigenvalue weighted by molar-refractivity contribution is 7.07. The van der Waals surface area contributed by atoms with Gasteiger partial charge in [0.05, 0.1) is 17.8 Å². The van der Waals surface area contributed by atoms with E-state index in [1.807, 2.05) is 23.7 Å². The Labute approximate surface area is 123 Å². The predicted octanol–water partition coefficient (Wildman–Crippen LogP) is 2.51. The monoisotopic (exact) mass is 286 g/mol. The molecule has 0 radical (unpaired) electrons. The van der Waals surface area contributed by atoms with E-state index in [4.69, 9.17) is 5.11 Å². The third-order valence-corrected chi connectivity index (χ3v) is 3.47. The Morgan fingerprint density at radius 3 is 2.90 bits per heavy atom. The number of aliphatic hydroxyl groups is 1. The van der Waals surface area contributed by atoms with Crippen molar-refractivity contribution in [3.63, 3.8) is 0 Å². The lowest BCUT2D eigenvalue weighted by atomic mass is 10.1. The Morgan fingerprint density at radius 1 is 1.30 bits per heavy atom. The van der Waals surface area contributed by atoms with Crippen molar-refractivity contribution in [2.75, 3.05) is 13.7 Å². The van der Waals surface area contributed by atoms with Crippen LogP contribution in [0.4, 0.5) is 0 Å². The summed E-state index contributed by atoms with van der Waals surface area (Å²) in [5.74, 6) is 6.11. The van der Waals surface area contributed by atoms with Crippen molar-refractivity contribution < 1.29 is 5.11 Å². The predicted molar refractivity (Wildman–Crippen MR) is 82.3 cm³/mol. The highest BCUT2D eigenvalue weighted by atomic mass is 32.1. The molecule has 0 aliphatic heterocycles. The fraction of sp³-hybridized carbons (Fsp3) is 0.312. The molecule has 0 bridgehead atoms. The van der Waals surface area contributed by atoms with Crippen LogP contribution >= 0.6 is 11.3 Å². The van der Waals surface area contributed by atoms with E-state index in [0.717, 1.165) is 24.3 Å². The summed E-state index contributed by atoms with van der Waals surface area (Å²) in [5.41, 5.74) is 5.19. The standard InChI is InChI=1S/C16H18N2OS/c1-18(11-16-12-20-13-17-16)10-15-8-3-2-6-14(15)7-4-5-9-19/h2-3,6,8,12-13,19H,5,9-11H2,1H3. The minimum atomic E-state index is 0.110. The SMILES string of the molecule is CN(Cc1cscn1)Cc1ccccc1C#CCCO. The summed E-state index contributed by atoms with van der Waals surface area (Å²) in [6.07, 6.45) is 0.517. The Balaban J connectivity index is 2.03. The van der Waals surface area contributed by atoms with E-state index in [9.17, 15) is 0 Å². The molecule has 0 unspecified atom stereocenters. The van der Waals surface area contributed by atoms with Crippen LogP contribution in [-0.4, -0.2) is 28.6 Å². The number of benzene rings is 1. The summed E-state index contributed by atoms with van der Waals surface area (Å²) in [6, 6.07) is 8.15. The molecule has 2 aromatic rings. The van der Waals surface area contributed by atoms with E-state index in [1.54, 1.807) is 11.3 Å². The Morgan fingerprint density at radius 2 is 2.15 bits per heavy atom. The Bertz CT molecular complexity index is 584. The molecule has 0 aliphatic carbocycles. The van der Waals surface area contributed by atoms with Gasteiger partial charge >= 0.3 is 0 Å². The first kappa shape index (κ1) is 14.7. The van der Waals surface area contributed by atoms with Crippen LogP contribution in [0, 0.1) is 11.8 Å². The van der Waals surface area contributed by atoms with Crippen LogP contribution in [0.3, 0.4) is 0 Å². The topological polar surface area (TPSA) is 36.4 Å². The summed E-state index contributed by atoms with van der Waals surface area (Å²) in [7, 11) is 2.08. The van der Waals surface area contributed by atoms with Gasteiger partial charge in [-0.05, 0) is 18.7 Å². The van der Waals surface area contributed by atoms with Crippen LogP contribution < -0.4 is 0 Å². The molecule has 0 atom stereocenters. The van der Waals surface area contributed by atoms with Gasteiger partial charge in [0.15, 0.2) is 0 Å². The summed E-state index contributed by atoms with van der Waals surface area (Å²) in [6.45, 7) is 1.78. The molecule has 0 aliphatic rings. The molecular formula is C16H18N2OS. The molecule has 20 heavy (non-hydrogen) atoms. The summed E-state index contributed by atoms with van der Waals surface area (Å²) < 4.78 is 0. The van der Waals surface area contributed by atoms with Gasteiger partial charge in [-0.2, -0.15) is 0 Å². The molecule has 0 fully saturated rings. The molecule has 4 heteroatoms. The van der Waals surface area contributed by atoms with Gasteiger partial charge in [-0.25, -0.2) is 4.98 Å². The fourth-order valence-corrected chi connectivity index (χ4v) is 2.48. The van der Waals surface area contributed by atoms with Gasteiger partial charge in [0.1, 0.15) is 0 Å². The Kier molecular flexibility index (Phi) is 5.75. The molecule has 0 saturated heterocycles. The third kappa shape index (κ3) is 4.46. The summed E-state index contributed by atoms with van der Waals surface area (Å²) >= 11 is 1.62. The number of aromatic nitrogens is 1. The number of hydrogen-bond donors (Lipinski definition) is 1. The molecule has 1 heterocycles. The van der Waals surface area contributed by atoms with Crippen LogP contribution in [-0.2, 0) is 13.1 Å². The van der Waals surface area contributed by atoms with E-state index in [-0.39, 0.29) is 6.61 Å². The second-order valence-corrected chi connectivity index (χ2v) is 5.30. The van der Waals surface area contributed by atoms with Crippen molar-refractivity contribution in [3.05, 3.63) is 52.0 Å². The third-order valence-electron chi connectivity index (χ3n) is 2.83. The molecule has 3 nitrogen and oxygen atoms in total. The van der Waals surface area contributed by atoms with Crippen LogP contribution in [0.15, 0.2) is 35.2 Å². The highest BCUT2D eigenvalue weighted by Crippen LogP contribution is 2.12. The smallest absolute Gasteiger partial charge is 0.0795 e. The van der Waals surface area contributed by atoms with Crippen molar-refractivity contribution in [1.82, 2.24) is 9.88 Å². The molecule has 1 aromatic heterocycles. The van der Waals surface area contributed by atoms with Gasteiger partial charge < -0.3 is 5.11 Å². The minimum absolute atomic E-state index is 0.110.